The van der Waals surface area contributed by atoms with E-state index < -0.39 is 0 Å². The summed E-state index contributed by atoms with van der Waals surface area (Å²) >= 11 is 2.17. The van der Waals surface area contributed by atoms with Gasteiger partial charge in [-0.2, -0.15) is 0 Å². The molecule has 0 spiro atoms. The molecule has 3 rings (SSSR count). The molecule has 0 saturated carbocycles. The number of nitrogens with zero attached hydrogens (tertiary/aromatic N) is 3. The van der Waals surface area contributed by atoms with Gasteiger partial charge in [-0.15, -0.1) is 5.10 Å². The Morgan fingerprint density at radius 3 is 2.58 bits per heavy atom. The fraction of sp³-hybridized carbons (Fsp3) is 0.118. The van der Waals surface area contributed by atoms with Crippen LogP contribution in [0.2, 0.25) is 0 Å². The summed E-state index contributed by atoms with van der Waals surface area (Å²) in [5, 5.41) is 11.0. The van der Waals surface area contributed by atoms with Gasteiger partial charge in [-0.25, -0.2) is 4.68 Å². The first-order valence-corrected chi connectivity index (χ1v) is 8.33. The lowest BCUT2D eigenvalue weighted by atomic mass is 10.2. The Kier molecular flexibility index (Phi) is 5.21. The van der Waals surface area contributed by atoms with Gasteiger partial charge in [-0.3, -0.25) is 4.79 Å². The topological polar surface area (TPSA) is 69.0 Å². The molecular weight excluding hydrogens is 419 g/mol. The highest BCUT2D eigenvalue weighted by molar-refractivity contribution is 14.1. The van der Waals surface area contributed by atoms with Crippen molar-refractivity contribution in [1.29, 1.82) is 0 Å². The van der Waals surface area contributed by atoms with E-state index in [2.05, 4.69) is 38.2 Å². The summed E-state index contributed by atoms with van der Waals surface area (Å²) in [4.78, 5) is 12.6. The minimum Gasteiger partial charge on any atom is -0.378 e. The van der Waals surface area contributed by atoms with Crippen LogP contribution in [0.3, 0.4) is 0 Å². The Hall–Kier alpha value is -2.26. The van der Waals surface area contributed by atoms with E-state index in [0.717, 1.165) is 14.9 Å². The molecule has 0 saturated heterocycles. The first-order chi connectivity index (χ1) is 11.7. The number of para-hydroxylation sites is 2. The van der Waals surface area contributed by atoms with E-state index in [1.807, 2.05) is 54.6 Å². The lowest BCUT2D eigenvalue weighted by Crippen LogP contribution is -2.16. The molecule has 0 aliphatic rings. The number of nitrogens with one attached hydrogen (secondary N) is 1. The van der Waals surface area contributed by atoms with Crippen LogP contribution < -0.4 is 5.32 Å². The van der Waals surface area contributed by atoms with E-state index in [4.69, 9.17) is 4.74 Å². The van der Waals surface area contributed by atoms with Crippen molar-refractivity contribution in [2.24, 2.45) is 0 Å². The fourth-order valence-corrected chi connectivity index (χ4v) is 2.79. The van der Waals surface area contributed by atoms with Crippen molar-refractivity contribution in [1.82, 2.24) is 15.0 Å². The molecule has 0 aliphatic heterocycles. The smallest absolute Gasteiger partial charge is 0.278 e. The zero-order valence-electron chi connectivity index (χ0n) is 12.9. The van der Waals surface area contributed by atoms with Gasteiger partial charge in [0.15, 0.2) is 5.69 Å². The first kappa shape index (κ1) is 16.6. The molecule has 1 amide bonds. The van der Waals surface area contributed by atoms with Gasteiger partial charge in [0.25, 0.3) is 5.91 Å². The molecule has 1 aromatic heterocycles. The number of aromatic nitrogens is 3. The molecule has 7 heteroatoms. The third-order valence-corrected chi connectivity index (χ3v) is 4.32. The molecule has 3 aromatic rings. The highest BCUT2D eigenvalue weighted by Crippen LogP contribution is 2.19. The van der Waals surface area contributed by atoms with Crippen LogP contribution in [0.5, 0.6) is 0 Å². The molecule has 0 aliphatic carbocycles. The van der Waals surface area contributed by atoms with Crippen molar-refractivity contribution in [3.05, 3.63) is 69.6 Å². The third-order valence-electron chi connectivity index (χ3n) is 3.38. The second kappa shape index (κ2) is 7.54. The van der Waals surface area contributed by atoms with Gasteiger partial charge in [-0.1, -0.05) is 35.5 Å². The van der Waals surface area contributed by atoms with Crippen LogP contribution in [0.4, 0.5) is 5.69 Å². The van der Waals surface area contributed by atoms with E-state index in [0.29, 0.717) is 5.69 Å². The summed E-state index contributed by atoms with van der Waals surface area (Å²) in [6.07, 6.45) is 0. The van der Waals surface area contributed by atoms with Crippen LogP contribution in [-0.2, 0) is 11.3 Å². The number of hydrogen-bond donors (Lipinski definition) is 1. The number of benzene rings is 2. The normalized spacial score (nSPS) is 10.6. The minimum absolute atomic E-state index is 0.233. The summed E-state index contributed by atoms with van der Waals surface area (Å²) in [5.41, 5.74) is 2.42. The van der Waals surface area contributed by atoms with Crippen molar-refractivity contribution in [2.45, 2.75) is 6.61 Å². The van der Waals surface area contributed by atoms with Gasteiger partial charge >= 0.3 is 0 Å². The van der Waals surface area contributed by atoms with Crippen LogP contribution >= 0.6 is 22.6 Å². The van der Waals surface area contributed by atoms with Crippen molar-refractivity contribution < 1.29 is 9.53 Å². The van der Waals surface area contributed by atoms with Crippen molar-refractivity contribution >= 4 is 34.2 Å². The summed E-state index contributed by atoms with van der Waals surface area (Å²) in [6.45, 7) is 0.233. The molecule has 122 valence electrons. The maximum atomic E-state index is 12.6. The highest BCUT2D eigenvalue weighted by Gasteiger charge is 2.21. The number of rotatable bonds is 5. The van der Waals surface area contributed by atoms with E-state index >= 15 is 0 Å². The summed E-state index contributed by atoms with van der Waals surface area (Å²) in [6, 6.07) is 17.1. The number of carbonyl (C=O) groups is 1. The number of anilines is 1. The average molecular weight is 434 g/mol. The highest BCUT2D eigenvalue weighted by atomic mass is 127. The standard InChI is InChI=1S/C17H15IN4O2/c1-24-11-15-16(17(23)19-14-10-6-5-9-13(14)18)20-21-22(15)12-7-3-2-4-8-12/h2-10H,11H2,1H3,(H,19,23). The summed E-state index contributed by atoms with van der Waals surface area (Å²) in [5.74, 6) is -0.312. The Morgan fingerprint density at radius 1 is 1.17 bits per heavy atom. The molecule has 0 atom stereocenters. The van der Waals surface area contributed by atoms with Crippen LogP contribution in [0.15, 0.2) is 54.6 Å². The maximum Gasteiger partial charge on any atom is 0.278 e. The zero-order chi connectivity index (χ0) is 16.9. The molecule has 6 nitrogen and oxygen atoms in total. The quantitative estimate of drug-likeness (QED) is 0.626. The molecule has 0 radical (unpaired) electrons. The van der Waals surface area contributed by atoms with Crippen LogP contribution in [0, 0.1) is 3.57 Å². The molecule has 1 heterocycles. The monoisotopic (exact) mass is 434 g/mol. The van der Waals surface area contributed by atoms with Gasteiger partial charge in [0.2, 0.25) is 0 Å². The maximum absolute atomic E-state index is 12.6. The Labute approximate surface area is 153 Å². The van der Waals surface area contributed by atoms with Crippen molar-refractivity contribution in [3.8, 4) is 5.69 Å². The average Bonchev–Trinajstić information content (AvgIpc) is 3.02. The molecular formula is C17H15IN4O2. The minimum atomic E-state index is -0.312. The summed E-state index contributed by atoms with van der Waals surface area (Å²) < 4.78 is 7.80. The lowest BCUT2D eigenvalue weighted by Gasteiger charge is -2.08. The second-order valence-electron chi connectivity index (χ2n) is 5.00. The van der Waals surface area contributed by atoms with Gasteiger partial charge in [0.1, 0.15) is 5.69 Å². The van der Waals surface area contributed by atoms with Gasteiger partial charge in [-0.05, 0) is 46.9 Å². The fourth-order valence-electron chi connectivity index (χ4n) is 2.26. The largest absolute Gasteiger partial charge is 0.378 e. The SMILES string of the molecule is COCc1c(C(=O)Nc2ccccc2I)nnn1-c1ccccc1. The number of amides is 1. The van der Waals surface area contributed by atoms with E-state index in [1.54, 1.807) is 11.8 Å². The summed E-state index contributed by atoms with van der Waals surface area (Å²) in [7, 11) is 1.57. The second-order valence-corrected chi connectivity index (χ2v) is 6.16. The molecule has 0 bridgehead atoms. The van der Waals surface area contributed by atoms with Crippen LogP contribution in [0.1, 0.15) is 16.2 Å². The van der Waals surface area contributed by atoms with Crippen molar-refractivity contribution in [2.75, 3.05) is 12.4 Å². The van der Waals surface area contributed by atoms with Crippen LogP contribution in [0.25, 0.3) is 5.69 Å². The molecule has 0 unspecified atom stereocenters. The van der Waals surface area contributed by atoms with E-state index in [1.165, 1.54) is 0 Å². The van der Waals surface area contributed by atoms with Gasteiger partial charge in [0.05, 0.1) is 18.0 Å². The van der Waals surface area contributed by atoms with Crippen LogP contribution in [-0.4, -0.2) is 28.0 Å². The number of methoxy groups -OCH3 is 1. The van der Waals surface area contributed by atoms with Gasteiger partial charge in [0, 0.05) is 10.7 Å². The number of carbonyl (C=O) groups excluding carboxylic acids is 1. The van der Waals surface area contributed by atoms with E-state index in [-0.39, 0.29) is 18.2 Å². The first-order valence-electron chi connectivity index (χ1n) is 7.25. The number of ether oxygens (including phenoxy) is 1. The Balaban J connectivity index is 1.94. The molecule has 1 N–H and O–H groups in total. The molecule has 0 fully saturated rings. The number of halogens is 1. The van der Waals surface area contributed by atoms with Gasteiger partial charge < -0.3 is 10.1 Å². The zero-order valence-corrected chi connectivity index (χ0v) is 15.1. The predicted octanol–water partition coefficient (Wildman–Crippen LogP) is 3.27. The lowest BCUT2D eigenvalue weighted by molar-refractivity contribution is 0.101. The molecule has 24 heavy (non-hydrogen) atoms. The third kappa shape index (κ3) is 3.46. The van der Waals surface area contributed by atoms with E-state index in [9.17, 15) is 4.79 Å². The predicted molar refractivity (Wildman–Crippen MR) is 99.2 cm³/mol. The molecule has 2 aromatic carbocycles. The number of hydrogen-bond acceptors (Lipinski definition) is 4. The van der Waals surface area contributed by atoms with Crippen molar-refractivity contribution in [3.63, 3.8) is 0 Å². The Morgan fingerprint density at radius 2 is 1.88 bits per heavy atom. The Bertz CT molecular complexity index is 849.